The molecule has 1 aliphatic carbocycles. The fraction of sp³-hybridized carbons (Fsp3) is 0.417. The minimum atomic E-state index is -0.421. The van der Waals surface area contributed by atoms with E-state index in [1.165, 1.54) is 13.2 Å². The summed E-state index contributed by atoms with van der Waals surface area (Å²) >= 11 is 3.43. The lowest BCUT2D eigenvalue weighted by atomic mass is 9.89. The Morgan fingerprint density at radius 2 is 2.00 bits per heavy atom. The summed E-state index contributed by atoms with van der Waals surface area (Å²) in [5.74, 6) is -0.214. The van der Waals surface area contributed by atoms with Crippen molar-refractivity contribution in [3.8, 4) is 5.75 Å². The second-order valence-corrected chi connectivity index (χ2v) is 4.71. The maximum absolute atomic E-state index is 11.5. The number of carbonyl (C=O) groups is 1. The first-order chi connectivity index (χ1) is 7.65. The first-order valence-corrected chi connectivity index (χ1v) is 6.06. The monoisotopic (exact) mass is 284 g/mol. The number of esters is 1. The van der Waals surface area contributed by atoms with E-state index >= 15 is 0 Å². The molecule has 4 heteroatoms. The van der Waals surface area contributed by atoms with Crippen LogP contribution in [0.2, 0.25) is 0 Å². The SMILES string of the molecule is COC(=O)c1cc(O)c2c(c1Br)CCCC2. The van der Waals surface area contributed by atoms with Crippen LogP contribution in [0.15, 0.2) is 10.5 Å². The molecule has 3 nitrogen and oxygen atoms in total. The second-order valence-electron chi connectivity index (χ2n) is 3.91. The average molecular weight is 285 g/mol. The zero-order valence-corrected chi connectivity index (χ0v) is 10.6. The minimum absolute atomic E-state index is 0.207. The summed E-state index contributed by atoms with van der Waals surface area (Å²) in [5.41, 5.74) is 2.41. The summed E-state index contributed by atoms with van der Waals surface area (Å²) in [6, 6.07) is 1.49. The highest BCUT2D eigenvalue weighted by molar-refractivity contribution is 9.10. The molecule has 0 aliphatic heterocycles. The quantitative estimate of drug-likeness (QED) is 0.807. The highest BCUT2D eigenvalue weighted by atomic mass is 79.9. The molecule has 0 fully saturated rings. The van der Waals surface area contributed by atoms with Crippen molar-refractivity contribution in [2.75, 3.05) is 7.11 Å². The third-order valence-corrected chi connectivity index (χ3v) is 3.87. The van der Waals surface area contributed by atoms with Gasteiger partial charge in [-0.1, -0.05) is 0 Å². The van der Waals surface area contributed by atoms with Gasteiger partial charge in [0.15, 0.2) is 0 Å². The van der Waals surface area contributed by atoms with Crippen molar-refractivity contribution in [2.45, 2.75) is 25.7 Å². The molecular formula is C12H13BrO3. The van der Waals surface area contributed by atoms with Crippen molar-refractivity contribution >= 4 is 21.9 Å². The molecule has 0 bridgehead atoms. The number of halogens is 1. The smallest absolute Gasteiger partial charge is 0.339 e. The molecule has 0 radical (unpaired) electrons. The molecule has 0 saturated heterocycles. The predicted octanol–water partition coefficient (Wildman–Crippen LogP) is 2.82. The van der Waals surface area contributed by atoms with E-state index in [-0.39, 0.29) is 5.75 Å². The van der Waals surface area contributed by atoms with E-state index in [9.17, 15) is 9.90 Å². The van der Waals surface area contributed by atoms with E-state index < -0.39 is 5.97 Å². The molecule has 16 heavy (non-hydrogen) atoms. The number of ether oxygens (including phenoxy) is 1. The van der Waals surface area contributed by atoms with Crippen LogP contribution in [0.5, 0.6) is 5.75 Å². The molecule has 0 unspecified atom stereocenters. The van der Waals surface area contributed by atoms with Crippen LogP contribution in [0.1, 0.15) is 34.3 Å². The van der Waals surface area contributed by atoms with E-state index in [0.717, 1.165) is 41.3 Å². The summed E-state index contributed by atoms with van der Waals surface area (Å²) in [6.45, 7) is 0. The third-order valence-electron chi connectivity index (χ3n) is 2.96. The van der Waals surface area contributed by atoms with Gasteiger partial charge < -0.3 is 9.84 Å². The number of hydrogen-bond acceptors (Lipinski definition) is 3. The number of methoxy groups -OCH3 is 1. The first-order valence-electron chi connectivity index (χ1n) is 5.26. The van der Waals surface area contributed by atoms with E-state index in [2.05, 4.69) is 20.7 Å². The van der Waals surface area contributed by atoms with Crippen molar-refractivity contribution in [3.05, 3.63) is 27.2 Å². The van der Waals surface area contributed by atoms with E-state index in [1.54, 1.807) is 0 Å². The van der Waals surface area contributed by atoms with Crippen molar-refractivity contribution in [3.63, 3.8) is 0 Å². The first kappa shape index (κ1) is 11.5. The minimum Gasteiger partial charge on any atom is -0.508 e. The maximum Gasteiger partial charge on any atom is 0.339 e. The summed E-state index contributed by atoms with van der Waals surface area (Å²) in [7, 11) is 1.34. The van der Waals surface area contributed by atoms with Gasteiger partial charge in [-0.05, 0) is 58.8 Å². The van der Waals surface area contributed by atoms with Gasteiger partial charge in [0.25, 0.3) is 0 Å². The molecule has 0 heterocycles. The predicted molar refractivity (Wildman–Crippen MR) is 63.8 cm³/mol. The average Bonchev–Trinajstić information content (AvgIpc) is 2.33. The van der Waals surface area contributed by atoms with Crippen molar-refractivity contribution in [2.24, 2.45) is 0 Å². The number of aromatic hydroxyl groups is 1. The summed E-state index contributed by atoms with van der Waals surface area (Å²) in [6.07, 6.45) is 3.95. The normalized spacial score (nSPS) is 14.4. The van der Waals surface area contributed by atoms with Crippen LogP contribution in [0.25, 0.3) is 0 Å². The Bertz CT molecular complexity index is 440. The van der Waals surface area contributed by atoms with Crippen LogP contribution in [0.4, 0.5) is 0 Å². The Morgan fingerprint density at radius 1 is 1.38 bits per heavy atom. The molecule has 1 N–H and O–H groups in total. The molecule has 1 aromatic carbocycles. The molecule has 0 spiro atoms. The molecule has 0 aromatic heterocycles. The number of phenolic OH excluding ortho intramolecular Hbond substituents is 1. The van der Waals surface area contributed by atoms with Crippen molar-refractivity contribution in [1.82, 2.24) is 0 Å². The van der Waals surface area contributed by atoms with Crippen LogP contribution < -0.4 is 0 Å². The lowest BCUT2D eigenvalue weighted by Crippen LogP contribution is -2.09. The Balaban J connectivity index is 2.58. The largest absolute Gasteiger partial charge is 0.508 e. The number of phenols is 1. The van der Waals surface area contributed by atoms with Gasteiger partial charge in [0.2, 0.25) is 0 Å². The maximum atomic E-state index is 11.5. The second kappa shape index (κ2) is 4.45. The Labute approximate surface area is 103 Å². The molecule has 1 aromatic rings. The highest BCUT2D eigenvalue weighted by Crippen LogP contribution is 2.37. The number of rotatable bonds is 1. The summed E-state index contributed by atoms with van der Waals surface area (Å²) in [4.78, 5) is 11.5. The number of hydrogen-bond donors (Lipinski definition) is 1. The number of fused-ring (bicyclic) bond motifs is 1. The van der Waals surface area contributed by atoms with Gasteiger partial charge in [0.1, 0.15) is 5.75 Å². The fourth-order valence-electron chi connectivity index (χ4n) is 2.14. The number of carbonyl (C=O) groups excluding carboxylic acids is 1. The van der Waals surface area contributed by atoms with Crippen LogP contribution >= 0.6 is 15.9 Å². The Morgan fingerprint density at radius 3 is 2.62 bits per heavy atom. The number of benzene rings is 1. The lowest BCUT2D eigenvalue weighted by molar-refractivity contribution is 0.0599. The van der Waals surface area contributed by atoms with Gasteiger partial charge in [-0.3, -0.25) is 0 Å². The van der Waals surface area contributed by atoms with Crippen molar-refractivity contribution in [1.29, 1.82) is 0 Å². The van der Waals surface area contributed by atoms with Crippen molar-refractivity contribution < 1.29 is 14.6 Å². The molecule has 86 valence electrons. The van der Waals surface area contributed by atoms with Crippen LogP contribution in [-0.2, 0) is 17.6 Å². The highest BCUT2D eigenvalue weighted by Gasteiger charge is 2.22. The van der Waals surface area contributed by atoms with Gasteiger partial charge in [-0.15, -0.1) is 0 Å². The Kier molecular flexibility index (Phi) is 3.19. The van der Waals surface area contributed by atoms with Gasteiger partial charge >= 0.3 is 5.97 Å². The van der Waals surface area contributed by atoms with E-state index in [4.69, 9.17) is 0 Å². The Hall–Kier alpha value is -1.03. The fourth-order valence-corrected chi connectivity index (χ4v) is 2.85. The van der Waals surface area contributed by atoms with Crippen LogP contribution in [0.3, 0.4) is 0 Å². The summed E-state index contributed by atoms with van der Waals surface area (Å²) < 4.78 is 5.45. The molecule has 0 atom stereocenters. The third kappa shape index (κ3) is 1.82. The van der Waals surface area contributed by atoms with Crippen LogP contribution in [0, 0.1) is 0 Å². The van der Waals surface area contributed by atoms with E-state index in [0.29, 0.717) is 5.56 Å². The summed E-state index contributed by atoms with van der Waals surface area (Å²) in [5, 5.41) is 9.88. The van der Waals surface area contributed by atoms with Gasteiger partial charge in [-0.25, -0.2) is 4.79 Å². The van der Waals surface area contributed by atoms with Crippen LogP contribution in [-0.4, -0.2) is 18.2 Å². The molecule has 2 rings (SSSR count). The molecular weight excluding hydrogens is 272 g/mol. The van der Waals surface area contributed by atoms with E-state index in [1.807, 2.05) is 0 Å². The topological polar surface area (TPSA) is 46.5 Å². The molecule has 0 amide bonds. The molecule has 0 saturated carbocycles. The zero-order valence-electron chi connectivity index (χ0n) is 9.05. The zero-order chi connectivity index (χ0) is 11.7. The van der Waals surface area contributed by atoms with Gasteiger partial charge in [-0.2, -0.15) is 0 Å². The standard InChI is InChI=1S/C12H13BrO3/c1-16-12(15)9-6-10(14)7-4-2-3-5-8(7)11(9)13/h6,14H,2-5H2,1H3. The van der Waals surface area contributed by atoms with Gasteiger partial charge in [0.05, 0.1) is 12.7 Å². The molecule has 1 aliphatic rings. The lowest BCUT2D eigenvalue weighted by Gasteiger charge is -2.20. The van der Waals surface area contributed by atoms with Gasteiger partial charge in [0, 0.05) is 4.47 Å².